The van der Waals surface area contributed by atoms with Gasteiger partial charge >= 0.3 is 0 Å². The molecular formula is C14H17N3. The summed E-state index contributed by atoms with van der Waals surface area (Å²) in [6.07, 6.45) is 3.75. The van der Waals surface area contributed by atoms with Crippen LogP contribution in [0.25, 0.3) is 11.4 Å². The molecule has 0 aliphatic heterocycles. The van der Waals surface area contributed by atoms with Crippen LogP contribution < -0.4 is 0 Å². The summed E-state index contributed by atoms with van der Waals surface area (Å²) in [6, 6.07) is 12.2. The van der Waals surface area contributed by atoms with Crippen LogP contribution in [0.3, 0.4) is 0 Å². The normalized spacial score (nSPS) is 9.76. The Morgan fingerprint density at radius 2 is 1.18 bits per heavy atom. The molecule has 0 radical (unpaired) electrons. The lowest BCUT2D eigenvalue weighted by Crippen LogP contribution is -1.77. The minimum Gasteiger partial charge on any atom is -0.368 e. The van der Waals surface area contributed by atoms with Crippen LogP contribution in [0.5, 0.6) is 0 Å². The Labute approximate surface area is 101 Å². The van der Waals surface area contributed by atoms with Gasteiger partial charge in [0.1, 0.15) is 0 Å². The summed E-state index contributed by atoms with van der Waals surface area (Å²) in [5.74, 6) is 0. The Morgan fingerprint density at radius 3 is 1.41 bits per heavy atom. The zero-order chi connectivity index (χ0) is 12.1. The molecule has 0 aliphatic carbocycles. The molecule has 3 N–H and O–H groups in total. The van der Waals surface area contributed by atoms with Crippen LogP contribution in [0.4, 0.5) is 0 Å². The molecule has 0 amide bonds. The average molecular weight is 227 g/mol. The molecule has 3 heteroatoms. The third kappa shape index (κ3) is 3.14. The quantitative estimate of drug-likeness (QED) is 0.568. The molecule has 17 heavy (non-hydrogen) atoms. The molecule has 0 bridgehead atoms. The van der Waals surface area contributed by atoms with Crippen molar-refractivity contribution >= 4 is 0 Å². The maximum atomic E-state index is 3.27. The van der Waals surface area contributed by atoms with E-state index in [-0.39, 0.29) is 0 Å². The van der Waals surface area contributed by atoms with Crippen LogP contribution in [0.15, 0.2) is 48.8 Å². The average Bonchev–Trinajstić information content (AvgIpc) is 2.99. The molecule has 0 saturated heterocycles. The van der Waals surface area contributed by atoms with Gasteiger partial charge in [0, 0.05) is 23.8 Å². The second-order valence-electron chi connectivity index (χ2n) is 3.99. The van der Waals surface area contributed by atoms with Crippen LogP contribution in [0, 0.1) is 13.8 Å². The van der Waals surface area contributed by atoms with E-state index in [2.05, 4.69) is 53.1 Å². The van der Waals surface area contributed by atoms with E-state index in [0.717, 1.165) is 11.4 Å². The third-order valence-electron chi connectivity index (χ3n) is 2.45. The van der Waals surface area contributed by atoms with Gasteiger partial charge in [-0.3, -0.25) is 0 Å². The second-order valence-corrected chi connectivity index (χ2v) is 3.99. The van der Waals surface area contributed by atoms with E-state index in [4.69, 9.17) is 0 Å². The van der Waals surface area contributed by atoms with E-state index in [9.17, 15) is 0 Å². The first kappa shape index (κ1) is 11.3. The Morgan fingerprint density at radius 1 is 0.706 bits per heavy atom. The van der Waals surface area contributed by atoms with E-state index >= 15 is 0 Å². The topological polar surface area (TPSA) is 47.4 Å². The first-order chi connectivity index (χ1) is 8.25. The van der Waals surface area contributed by atoms with Crippen molar-refractivity contribution in [3.8, 4) is 11.4 Å². The zero-order valence-electron chi connectivity index (χ0n) is 10.1. The predicted octanol–water partition coefficient (Wildman–Crippen LogP) is 3.64. The molecule has 3 nitrogen and oxygen atoms in total. The van der Waals surface area contributed by atoms with Crippen molar-refractivity contribution in [2.75, 3.05) is 0 Å². The molecule has 0 fully saturated rings. The van der Waals surface area contributed by atoms with Crippen molar-refractivity contribution in [2.45, 2.75) is 13.8 Å². The molecule has 88 valence electrons. The summed E-state index contributed by atoms with van der Waals surface area (Å²) >= 11 is 0. The summed E-state index contributed by atoms with van der Waals surface area (Å²) in [5, 5.41) is 0. The fraction of sp³-hybridized carbons (Fsp3) is 0.143. The molecule has 0 atom stereocenters. The predicted molar refractivity (Wildman–Crippen MR) is 70.8 cm³/mol. The maximum absolute atomic E-state index is 3.27. The largest absolute Gasteiger partial charge is 0.368 e. The number of rotatable bonds is 1. The fourth-order valence-corrected chi connectivity index (χ4v) is 1.60. The van der Waals surface area contributed by atoms with Crippen molar-refractivity contribution in [3.63, 3.8) is 0 Å². The highest BCUT2D eigenvalue weighted by Gasteiger charge is 1.99. The number of hydrogen-bond acceptors (Lipinski definition) is 0. The Hall–Kier alpha value is -2.16. The Kier molecular flexibility index (Phi) is 3.50. The molecule has 0 saturated carbocycles. The zero-order valence-corrected chi connectivity index (χ0v) is 10.1. The minimum absolute atomic E-state index is 1.15. The molecule has 0 spiro atoms. The lowest BCUT2D eigenvalue weighted by molar-refractivity contribution is 1.22. The van der Waals surface area contributed by atoms with Gasteiger partial charge in [-0.05, 0) is 50.2 Å². The lowest BCUT2D eigenvalue weighted by Gasteiger charge is -1.91. The Balaban J connectivity index is 0.000000181. The van der Waals surface area contributed by atoms with Gasteiger partial charge in [-0.1, -0.05) is 0 Å². The SMILES string of the molecule is Cc1ccc(-c2ccc(C)[nH]2)[nH]1.c1cc[nH]c1. The van der Waals surface area contributed by atoms with Gasteiger partial charge in [0.2, 0.25) is 0 Å². The van der Waals surface area contributed by atoms with Gasteiger partial charge in [0.25, 0.3) is 0 Å². The van der Waals surface area contributed by atoms with Crippen molar-refractivity contribution in [2.24, 2.45) is 0 Å². The van der Waals surface area contributed by atoms with Crippen LogP contribution >= 0.6 is 0 Å². The first-order valence-corrected chi connectivity index (χ1v) is 5.65. The van der Waals surface area contributed by atoms with Crippen LogP contribution in [0.1, 0.15) is 11.4 Å². The van der Waals surface area contributed by atoms with E-state index in [1.54, 1.807) is 0 Å². The van der Waals surface area contributed by atoms with Crippen molar-refractivity contribution in [1.29, 1.82) is 0 Å². The lowest BCUT2D eigenvalue weighted by atomic mass is 10.3. The van der Waals surface area contributed by atoms with E-state index in [1.165, 1.54) is 11.4 Å². The smallest absolute Gasteiger partial charge is 0.0621 e. The minimum atomic E-state index is 1.15. The molecule has 3 rings (SSSR count). The number of nitrogens with one attached hydrogen (secondary N) is 3. The number of aromatic amines is 3. The van der Waals surface area contributed by atoms with Gasteiger partial charge in [-0.2, -0.15) is 0 Å². The molecule has 0 aromatic carbocycles. The number of aryl methyl sites for hydroxylation is 2. The van der Waals surface area contributed by atoms with Gasteiger partial charge < -0.3 is 15.0 Å². The van der Waals surface area contributed by atoms with Gasteiger partial charge in [0.05, 0.1) is 11.4 Å². The van der Waals surface area contributed by atoms with Crippen molar-refractivity contribution in [1.82, 2.24) is 15.0 Å². The Bertz CT molecular complexity index is 488. The van der Waals surface area contributed by atoms with E-state index < -0.39 is 0 Å². The van der Waals surface area contributed by atoms with Gasteiger partial charge in [-0.25, -0.2) is 0 Å². The molecule has 3 heterocycles. The molecule has 0 aliphatic rings. The first-order valence-electron chi connectivity index (χ1n) is 5.65. The molecular weight excluding hydrogens is 210 g/mol. The van der Waals surface area contributed by atoms with Gasteiger partial charge in [-0.15, -0.1) is 0 Å². The summed E-state index contributed by atoms with van der Waals surface area (Å²) in [4.78, 5) is 9.41. The summed E-state index contributed by atoms with van der Waals surface area (Å²) in [6.45, 7) is 4.11. The number of aromatic nitrogens is 3. The highest BCUT2D eigenvalue weighted by atomic mass is 14.8. The monoisotopic (exact) mass is 227 g/mol. The molecule has 3 aromatic heterocycles. The van der Waals surface area contributed by atoms with Crippen LogP contribution in [0.2, 0.25) is 0 Å². The van der Waals surface area contributed by atoms with E-state index in [0.29, 0.717) is 0 Å². The highest BCUT2D eigenvalue weighted by molar-refractivity contribution is 5.55. The van der Waals surface area contributed by atoms with Crippen molar-refractivity contribution < 1.29 is 0 Å². The summed E-state index contributed by atoms with van der Waals surface area (Å²) in [5.41, 5.74) is 4.69. The third-order valence-corrected chi connectivity index (χ3v) is 2.45. The molecule has 0 unspecified atom stereocenters. The summed E-state index contributed by atoms with van der Waals surface area (Å²) in [7, 11) is 0. The maximum Gasteiger partial charge on any atom is 0.0621 e. The number of H-pyrrole nitrogens is 3. The highest BCUT2D eigenvalue weighted by Crippen LogP contribution is 2.16. The van der Waals surface area contributed by atoms with Gasteiger partial charge in [0.15, 0.2) is 0 Å². The van der Waals surface area contributed by atoms with Crippen LogP contribution in [-0.4, -0.2) is 15.0 Å². The summed E-state index contributed by atoms with van der Waals surface area (Å²) < 4.78 is 0. The molecule has 3 aromatic rings. The number of hydrogen-bond donors (Lipinski definition) is 3. The van der Waals surface area contributed by atoms with Crippen LogP contribution in [-0.2, 0) is 0 Å². The fourth-order valence-electron chi connectivity index (χ4n) is 1.60. The van der Waals surface area contributed by atoms with E-state index in [1.807, 2.05) is 24.5 Å². The standard InChI is InChI=1S/C10H12N2.C4H5N/c1-7-3-5-9(11-7)10-6-4-8(2)12-10;1-2-4-5-3-1/h3-6,11-12H,1-2H3;1-5H. The second kappa shape index (κ2) is 5.25. The van der Waals surface area contributed by atoms with Crippen molar-refractivity contribution in [3.05, 3.63) is 60.2 Å².